The summed E-state index contributed by atoms with van der Waals surface area (Å²) in [6, 6.07) is 13.4. The molecule has 25 heavy (non-hydrogen) atoms. The molecule has 0 bridgehead atoms. The molecule has 6 heteroatoms. The summed E-state index contributed by atoms with van der Waals surface area (Å²) in [6.45, 7) is 5.34. The van der Waals surface area contributed by atoms with Crippen LogP contribution in [0.2, 0.25) is 0 Å². The number of hydrogen-bond donors (Lipinski definition) is 2. The van der Waals surface area contributed by atoms with Gasteiger partial charge in [-0.25, -0.2) is 4.79 Å². The van der Waals surface area contributed by atoms with Gasteiger partial charge in [-0.05, 0) is 56.2 Å². The van der Waals surface area contributed by atoms with E-state index in [2.05, 4.69) is 10.2 Å². The highest BCUT2D eigenvalue weighted by Crippen LogP contribution is 2.28. The lowest BCUT2D eigenvalue weighted by molar-refractivity contribution is -0.157. The van der Waals surface area contributed by atoms with Crippen LogP contribution >= 0.6 is 0 Å². The van der Waals surface area contributed by atoms with Crippen LogP contribution in [0.4, 0.5) is 5.82 Å². The maximum atomic E-state index is 11.8. The molecule has 1 heterocycles. The first kappa shape index (κ1) is 16.8. The minimum Gasteiger partial charge on any atom is -0.482 e. The van der Waals surface area contributed by atoms with Crippen molar-refractivity contribution in [3.05, 3.63) is 42.5 Å². The van der Waals surface area contributed by atoms with Crippen LogP contribution < -0.4 is 10.5 Å². The van der Waals surface area contributed by atoms with E-state index in [1.807, 2.05) is 57.2 Å². The molecule has 0 spiro atoms. The fraction of sp³-hybridized carbons (Fsp3) is 0.263. The second kappa shape index (κ2) is 6.47. The van der Waals surface area contributed by atoms with Gasteiger partial charge in [0.15, 0.2) is 12.4 Å². The van der Waals surface area contributed by atoms with Crippen LogP contribution in [-0.2, 0) is 9.53 Å². The van der Waals surface area contributed by atoms with Gasteiger partial charge < -0.3 is 15.2 Å². The van der Waals surface area contributed by atoms with E-state index in [9.17, 15) is 4.79 Å². The molecule has 0 atom stereocenters. The number of nitrogen functional groups attached to an aromatic ring is 1. The molecule has 130 valence electrons. The van der Waals surface area contributed by atoms with Gasteiger partial charge in [0.1, 0.15) is 11.4 Å². The number of benzene rings is 2. The first-order valence-corrected chi connectivity index (χ1v) is 8.00. The molecule has 0 radical (unpaired) electrons. The summed E-state index contributed by atoms with van der Waals surface area (Å²) in [6.07, 6.45) is 0. The van der Waals surface area contributed by atoms with Crippen LogP contribution in [0.15, 0.2) is 42.5 Å². The molecule has 3 aromatic rings. The van der Waals surface area contributed by atoms with Crippen molar-refractivity contribution in [1.29, 1.82) is 0 Å². The molecule has 0 aliphatic carbocycles. The number of nitrogens with one attached hydrogen (secondary N) is 1. The number of rotatable bonds is 4. The molecule has 0 fully saturated rings. The van der Waals surface area contributed by atoms with Crippen molar-refractivity contribution in [2.75, 3.05) is 12.3 Å². The summed E-state index contributed by atoms with van der Waals surface area (Å²) < 4.78 is 10.8. The van der Waals surface area contributed by atoms with Crippen molar-refractivity contribution in [2.45, 2.75) is 26.4 Å². The Kier molecular flexibility index (Phi) is 4.35. The minimum absolute atomic E-state index is 0.128. The maximum Gasteiger partial charge on any atom is 0.344 e. The summed E-state index contributed by atoms with van der Waals surface area (Å²) in [5.74, 6) is 0.691. The third-order valence-corrected chi connectivity index (χ3v) is 3.54. The lowest BCUT2D eigenvalue weighted by atomic mass is 10.0. The Labute approximate surface area is 145 Å². The third kappa shape index (κ3) is 4.09. The summed E-state index contributed by atoms with van der Waals surface area (Å²) in [5, 5.41) is 7.80. The van der Waals surface area contributed by atoms with Gasteiger partial charge in [-0.3, -0.25) is 5.10 Å². The van der Waals surface area contributed by atoms with E-state index in [1.54, 1.807) is 6.07 Å². The summed E-state index contributed by atoms with van der Waals surface area (Å²) in [7, 11) is 0. The molecule has 2 aromatic carbocycles. The lowest BCUT2D eigenvalue weighted by Crippen LogP contribution is -2.27. The van der Waals surface area contributed by atoms with Crippen molar-refractivity contribution >= 4 is 22.7 Å². The fourth-order valence-electron chi connectivity index (χ4n) is 2.50. The van der Waals surface area contributed by atoms with Crippen LogP contribution in [0.5, 0.6) is 5.75 Å². The number of nitrogens with two attached hydrogens (primary N) is 1. The van der Waals surface area contributed by atoms with Crippen LogP contribution in [-0.4, -0.2) is 28.4 Å². The first-order chi connectivity index (χ1) is 11.8. The molecule has 0 saturated heterocycles. The van der Waals surface area contributed by atoms with Crippen molar-refractivity contribution in [3.8, 4) is 16.9 Å². The number of carbonyl (C=O) groups excluding carboxylic acids is 1. The largest absolute Gasteiger partial charge is 0.482 e. The van der Waals surface area contributed by atoms with E-state index in [-0.39, 0.29) is 6.61 Å². The molecule has 6 nitrogen and oxygen atoms in total. The van der Waals surface area contributed by atoms with Gasteiger partial charge in [-0.15, -0.1) is 0 Å². The Bertz CT molecular complexity index is 910. The Hall–Kier alpha value is -3.02. The molecule has 1 aromatic heterocycles. The average molecular weight is 339 g/mol. The summed E-state index contributed by atoms with van der Waals surface area (Å²) in [5.41, 5.74) is 8.11. The number of esters is 1. The summed E-state index contributed by atoms with van der Waals surface area (Å²) in [4.78, 5) is 11.8. The molecule has 0 amide bonds. The standard InChI is InChI=1S/C19H21N3O3/c1-19(2,3)25-17(23)11-24-14-6-4-5-12(9-14)13-7-8-15-16(10-13)21-22-18(15)20/h4-10H,11H2,1-3H3,(H3,20,21,22). The molecule has 0 unspecified atom stereocenters. The summed E-state index contributed by atoms with van der Waals surface area (Å²) >= 11 is 0. The third-order valence-electron chi connectivity index (χ3n) is 3.54. The van der Waals surface area contributed by atoms with E-state index in [0.717, 1.165) is 22.0 Å². The van der Waals surface area contributed by atoms with E-state index in [0.29, 0.717) is 11.6 Å². The normalized spacial score (nSPS) is 11.5. The average Bonchev–Trinajstić information content (AvgIpc) is 2.92. The van der Waals surface area contributed by atoms with E-state index >= 15 is 0 Å². The van der Waals surface area contributed by atoms with Crippen LogP contribution in [0.25, 0.3) is 22.0 Å². The number of aromatic amines is 1. The molecule has 0 aliphatic rings. The van der Waals surface area contributed by atoms with Crippen molar-refractivity contribution in [1.82, 2.24) is 10.2 Å². The van der Waals surface area contributed by atoms with Crippen molar-refractivity contribution in [3.63, 3.8) is 0 Å². The molecule has 3 rings (SSSR count). The number of hydrogen-bond acceptors (Lipinski definition) is 5. The Balaban J connectivity index is 1.75. The highest BCUT2D eigenvalue weighted by atomic mass is 16.6. The number of H-pyrrole nitrogens is 1. The highest BCUT2D eigenvalue weighted by molar-refractivity contribution is 5.91. The molecular weight excluding hydrogens is 318 g/mol. The Morgan fingerprint density at radius 3 is 2.68 bits per heavy atom. The molecule has 3 N–H and O–H groups in total. The van der Waals surface area contributed by atoms with Crippen molar-refractivity contribution < 1.29 is 14.3 Å². The number of ether oxygens (including phenoxy) is 2. The fourth-order valence-corrected chi connectivity index (χ4v) is 2.50. The number of anilines is 1. The predicted molar refractivity (Wildman–Crippen MR) is 97.3 cm³/mol. The Morgan fingerprint density at radius 2 is 1.92 bits per heavy atom. The SMILES string of the molecule is CC(C)(C)OC(=O)COc1cccc(-c2ccc3c(N)n[nH]c3c2)c1. The molecule has 0 aliphatic heterocycles. The zero-order valence-corrected chi connectivity index (χ0v) is 14.5. The van der Waals surface area contributed by atoms with E-state index in [1.165, 1.54) is 0 Å². The number of carbonyl (C=O) groups is 1. The van der Waals surface area contributed by atoms with Crippen LogP contribution in [0, 0.1) is 0 Å². The van der Waals surface area contributed by atoms with Gasteiger partial charge in [-0.2, -0.15) is 5.10 Å². The predicted octanol–water partition coefficient (Wildman–Crippen LogP) is 3.53. The lowest BCUT2D eigenvalue weighted by Gasteiger charge is -2.19. The van der Waals surface area contributed by atoms with Crippen LogP contribution in [0.3, 0.4) is 0 Å². The van der Waals surface area contributed by atoms with Gasteiger partial charge in [0.2, 0.25) is 0 Å². The van der Waals surface area contributed by atoms with Gasteiger partial charge >= 0.3 is 5.97 Å². The first-order valence-electron chi connectivity index (χ1n) is 8.00. The highest BCUT2D eigenvalue weighted by Gasteiger charge is 2.16. The van der Waals surface area contributed by atoms with E-state index in [4.69, 9.17) is 15.2 Å². The smallest absolute Gasteiger partial charge is 0.344 e. The molecular formula is C19H21N3O3. The monoisotopic (exact) mass is 339 g/mol. The second-order valence-electron chi connectivity index (χ2n) is 6.77. The van der Waals surface area contributed by atoms with Gasteiger partial charge in [0.05, 0.1) is 5.52 Å². The van der Waals surface area contributed by atoms with Crippen LogP contribution in [0.1, 0.15) is 20.8 Å². The topological polar surface area (TPSA) is 90.2 Å². The quantitative estimate of drug-likeness (QED) is 0.710. The van der Waals surface area contributed by atoms with Crippen molar-refractivity contribution in [2.24, 2.45) is 0 Å². The van der Waals surface area contributed by atoms with Gasteiger partial charge in [0.25, 0.3) is 0 Å². The zero-order valence-electron chi connectivity index (χ0n) is 14.5. The second-order valence-corrected chi connectivity index (χ2v) is 6.77. The number of aromatic nitrogens is 2. The van der Waals surface area contributed by atoms with Gasteiger partial charge in [-0.1, -0.05) is 18.2 Å². The number of nitrogens with zero attached hydrogens (tertiary/aromatic N) is 1. The Morgan fingerprint density at radius 1 is 1.16 bits per heavy atom. The minimum atomic E-state index is -0.524. The molecule has 0 saturated carbocycles. The van der Waals surface area contributed by atoms with Gasteiger partial charge in [0, 0.05) is 5.39 Å². The maximum absolute atomic E-state index is 11.8. The zero-order chi connectivity index (χ0) is 18.0. The van der Waals surface area contributed by atoms with E-state index < -0.39 is 11.6 Å². The number of fused-ring (bicyclic) bond motifs is 1.